The average molecular weight is 378 g/mol. The lowest BCUT2D eigenvalue weighted by molar-refractivity contribution is -0.0327. The van der Waals surface area contributed by atoms with Gasteiger partial charge in [-0.25, -0.2) is 4.98 Å². The van der Waals surface area contributed by atoms with E-state index >= 15 is 0 Å². The lowest BCUT2D eigenvalue weighted by Crippen LogP contribution is -2.47. The van der Waals surface area contributed by atoms with Crippen LogP contribution >= 0.6 is 0 Å². The average Bonchev–Trinajstić information content (AvgIpc) is 2.58. The first-order valence-corrected chi connectivity index (χ1v) is 9.79. The Balaban J connectivity index is 2.28. The molecule has 152 valence electrons. The van der Waals surface area contributed by atoms with Crippen LogP contribution in [0.2, 0.25) is 0 Å². The molecule has 0 radical (unpaired) electrons. The molecule has 1 saturated heterocycles. The number of aliphatic hydroxyl groups is 1. The molecule has 0 aliphatic carbocycles. The van der Waals surface area contributed by atoms with Crippen molar-refractivity contribution in [3.8, 4) is 0 Å². The molecule has 1 fully saturated rings. The van der Waals surface area contributed by atoms with E-state index in [4.69, 9.17) is 9.72 Å². The third-order valence-electron chi connectivity index (χ3n) is 5.69. The first-order chi connectivity index (χ1) is 12.4. The van der Waals surface area contributed by atoms with E-state index in [-0.39, 0.29) is 11.8 Å². The number of amides is 1. The maximum absolute atomic E-state index is 13.0. The van der Waals surface area contributed by atoms with Crippen LogP contribution in [0, 0.1) is 12.3 Å². The van der Waals surface area contributed by atoms with E-state index in [9.17, 15) is 9.90 Å². The molecule has 1 aromatic rings. The maximum atomic E-state index is 13.0. The number of rotatable bonds is 6. The summed E-state index contributed by atoms with van der Waals surface area (Å²) in [6.45, 7) is 16.9. The summed E-state index contributed by atoms with van der Waals surface area (Å²) in [5.41, 5.74) is 1.04. The summed E-state index contributed by atoms with van der Waals surface area (Å²) in [7, 11) is 0. The number of nitrogens with zero attached hydrogens (tertiary/aromatic N) is 2. The molecular weight excluding hydrogens is 342 g/mol. The molecular formula is C21H35N3O3. The molecule has 0 aromatic carbocycles. The molecule has 1 aliphatic heterocycles. The van der Waals surface area contributed by atoms with Crippen LogP contribution in [-0.4, -0.2) is 54.4 Å². The highest BCUT2D eigenvalue weighted by Crippen LogP contribution is 2.30. The number of pyridine rings is 1. The second-order valence-electron chi connectivity index (χ2n) is 8.94. The fourth-order valence-corrected chi connectivity index (χ4v) is 2.95. The second-order valence-corrected chi connectivity index (χ2v) is 8.94. The Morgan fingerprint density at radius 2 is 1.89 bits per heavy atom. The van der Waals surface area contributed by atoms with Gasteiger partial charge in [0.1, 0.15) is 5.82 Å². The minimum Gasteiger partial charge on any atom is -0.390 e. The molecule has 0 atom stereocenters. The van der Waals surface area contributed by atoms with Crippen molar-refractivity contribution in [3.63, 3.8) is 0 Å². The van der Waals surface area contributed by atoms with Crippen molar-refractivity contribution >= 4 is 11.7 Å². The third kappa shape index (κ3) is 4.99. The molecule has 0 unspecified atom stereocenters. The molecule has 0 saturated carbocycles. The lowest BCUT2D eigenvalue weighted by Gasteiger charge is -2.37. The molecule has 0 bridgehead atoms. The predicted octanol–water partition coefficient (Wildman–Crippen LogP) is 2.88. The number of ether oxygens (including phenoxy) is 1. The van der Waals surface area contributed by atoms with Crippen molar-refractivity contribution in [3.05, 3.63) is 22.9 Å². The Morgan fingerprint density at radius 1 is 1.30 bits per heavy atom. The first kappa shape index (κ1) is 21.6. The topological polar surface area (TPSA) is 74.7 Å². The van der Waals surface area contributed by atoms with Crippen LogP contribution in [0.15, 0.2) is 6.07 Å². The predicted molar refractivity (Wildman–Crippen MR) is 109 cm³/mol. The SMILES string of the molecule is Cc1cc(N2CCOCC2)nc(C(C)C)c1C(=O)NCC(C)(C)C(C)(C)O. The number of carbonyl (C=O) groups excluding carboxylic acids is 1. The molecule has 27 heavy (non-hydrogen) atoms. The molecule has 0 spiro atoms. The first-order valence-electron chi connectivity index (χ1n) is 9.79. The van der Waals surface area contributed by atoms with E-state index in [1.165, 1.54) is 0 Å². The Hall–Kier alpha value is -1.66. The van der Waals surface area contributed by atoms with Crippen molar-refractivity contribution in [2.45, 2.75) is 60.0 Å². The van der Waals surface area contributed by atoms with E-state index in [2.05, 4.69) is 24.1 Å². The van der Waals surface area contributed by atoms with Gasteiger partial charge in [-0.1, -0.05) is 27.7 Å². The van der Waals surface area contributed by atoms with Crippen LogP contribution in [0.5, 0.6) is 0 Å². The third-order valence-corrected chi connectivity index (χ3v) is 5.69. The van der Waals surface area contributed by atoms with Gasteiger partial charge in [0.15, 0.2) is 0 Å². The molecule has 2 rings (SSSR count). The van der Waals surface area contributed by atoms with Crippen LogP contribution in [0.25, 0.3) is 0 Å². The zero-order chi connectivity index (χ0) is 20.4. The molecule has 1 amide bonds. The van der Waals surface area contributed by atoms with Gasteiger partial charge in [-0.05, 0) is 38.3 Å². The van der Waals surface area contributed by atoms with E-state index in [0.717, 1.165) is 30.2 Å². The number of morpholine rings is 1. The minimum atomic E-state index is -0.894. The summed E-state index contributed by atoms with van der Waals surface area (Å²) < 4.78 is 5.43. The minimum absolute atomic E-state index is 0.130. The smallest absolute Gasteiger partial charge is 0.253 e. The number of hydrogen-bond acceptors (Lipinski definition) is 5. The van der Waals surface area contributed by atoms with Gasteiger partial charge in [-0.2, -0.15) is 0 Å². The Kier molecular flexibility index (Phi) is 6.53. The van der Waals surface area contributed by atoms with Crippen LogP contribution in [0.3, 0.4) is 0 Å². The fraction of sp³-hybridized carbons (Fsp3) is 0.714. The van der Waals surface area contributed by atoms with Crippen LogP contribution in [-0.2, 0) is 4.74 Å². The number of carbonyl (C=O) groups is 1. The van der Waals surface area contributed by atoms with Crippen LogP contribution < -0.4 is 10.2 Å². The molecule has 2 N–H and O–H groups in total. The summed E-state index contributed by atoms with van der Waals surface area (Å²) in [5.74, 6) is 0.912. The summed E-state index contributed by atoms with van der Waals surface area (Å²) in [5, 5.41) is 13.3. The molecule has 6 nitrogen and oxygen atoms in total. The van der Waals surface area contributed by atoms with Gasteiger partial charge in [0.25, 0.3) is 5.91 Å². The normalized spacial score (nSPS) is 16.0. The Bertz CT molecular complexity index is 672. The van der Waals surface area contributed by atoms with E-state index in [0.29, 0.717) is 25.3 Å². The van der Waals surface area contributed by atoms with Gasteiger partial charge >= 0.3 is 0 Å². The van der Waals surface area contributed by atoms with Crippen molar-refractivity contribution in [2.24, 2.45) is 5.41 Å². The van der Waals surface area contributed by atoms with Crippen molar-refractivity contribution in [1.29, 1.82) is 0 Å². The highest BCUT2D eigenvalue weighted by molar-refractivity contribution is 5.97. The second kappa shape index (κ2) is 8.15. The van der Waals surface area contributed by atoms with Gasteiger partial charge in [0.05, 0.1) is 30.1 Å². The summed E-state index contributed by atoms with van der Waals surface area (Å²) in [6.07, 6.45) is 0. The Labute approximate surface area is 163 Å². The fourth-order valence-electron chi connectivity index (χ4n) is 2.95. The number of nitrogens with one attached hydrogen (secondary N) is 1. The molecule has 2 heterocycles. The van der Waals surface area contributed by atoms with Crippen molar-refractivity contribution in [2.75, 3.05) is 37.7 Å². The Morgan fingerprint density at radius 3 is 2.41 bits per heavy atom. The monoisotopic (exact) mass is 377 g/mol. The van der Waals surface area contributed by atoms with E-state index in [1.54, 1.807) is 13.8 Å². The number of aromatic nitrogens is 1. The maximum Gasteiger partial charge on any atom is 0.253 e. The van der Waals surface area contributed by atoms with Gasteiger partial charge in [0.2, 0.25) is 0 Å². The van der Waals surface area contributed by atoms with Crippen molar-refractivity contribution in [1.82, 2.24) is 10.3 Å². The zero-order valence-electron chi connectivity index (χ0n) is 17.8. The van der Waals surface area contributed by atoms with Crippen LogP contribution in [0.1, 0.15) is 69.1 Å². The molecule has 1 aliphatic rings. The van der Waals surface area contributed by atoms with Gasteiger partial charge < -0.3 is 20.1 Å². The van der Waals surface area contributed by atoms with E-state index in [1.807, 2.05) is 26.8 Å². The summed E-state index contributed by atoms with van der Waals surface area (Å²) in [6, 6.07) is 1.99. The standard InChI is InChI=1S/C21H35N3O3/c1-14(2)18-17(19(25)22-13-20(4,5)21(6,7)26)15(3)12-16(23-18)24-8-10-27-11-9-24/h12,14,26H,8-11,13H2,1-7H3,(H,22,25). The lowest BCUT2D eigenvalue weighted by atomic mass is 9.77. The molecule has 1 aromatic heterocycles. The van der Waals surface area contributed by atoms with Crippen LogP contribution in [0.4, 0.5) is 5.82 Å². The largest absolute Gasteiger partial charge is 0.390 e. The number of hydrogen-bond donors (Lipinski definition) is 2. The van der Waals surface area contributed by atoms with Gasteiger partial charge in [-0.3, -0.25) is 4.79 Å². The highest BCUT2D eigenvalue weighted by atomic mass is 16.5. The quantitative estimate of drug-likeness (QED) is 0.797. The van der Waals surface area contributed by atoms with Gasteiger partial charge in [-0.15, -0.1) is 0 Å². The van der Waals surface area contributed by atoms with Gasteiger partial charge in [0, 0.05) is 25.0 Å². The summed E-state index contributed by atoms with van der Waals surface area (Å²) in [4.78, 5) is 20.0. The number of anilines is 1. The number of aryl methyl sites for hydroxylation is 1. The molecule has 6 heteroatoms. The van der Waals surface area contributed by atoms with E-state index < -0.39 is 11.0 Å². The summed E-state index contributed by atoms with van der Waals surface area (Å²) >= 11 is 0. The van der Waals surface area contributed by atoms with Crippen molar-refractivity contribution < 1.29 is 14.6 Å². The highest BCUT2D eigenvalue weighted by Gasteiger charge is 2.35. The zero-order valence-corrected chi connectivity index (χ0v) is 17.8.